The summed E-state index contributed by atoms with van der Waals surface area (Å²) in [5.74, 6) is -0.958. The number of nitrogens with one attached hydrogen (secondary N) is 2. The first-order valence-corrected chi connectivity index (χ1v) is 12.9. The highest BCUT2D eigenvalue weighted by Crippen LogP contribution is 2.44. The molecule has 0 atom stereocenters. The zero-order chi connectivity index (χ0) is 27.3. The molecule has 0 aromatic carbocycles. The molecule has 2 saturated carbocycles. The third-order valence-corrected chi connectivity index (χ3v) is 7.39. The molecule has 0 aromatic heterocycles. The van der Waals surface area contributed by atoms with Crippen LogP contribution in [0.2, 0.25) is 0 Å². The zero-order valence-electron chi connectivity index (χ0n) is 23.2. The van der Waals surface area contributed by atoms with Gasteiger partial charge in [0.1, 0.15) is 5.60 Å². The van der Waals surface area contributed by atoms with Gasteiger partial charge in [-0.3, -0.25) is 4.79 Å². The number of amides is 3. The molecule has 2 aliphatic rings. The van der Waals surface area contributed by atoms with Gasteiger partial charge in [-0.2, -0.15) is 0 Å². The number of rotatable bonds is 4. The smallest absolute Gasteiger partial charge is 0.444 e. The van der Waals surface area contributed by atoms with Crippen LogP contribution in [0.15, 0.2) is 0 Å². The van der Waals surface area contributed by atoms with Crippen molar-refractivity contribution in [1.82, 2.24) is 15.5 Å². The highest BCUT2D eigenvalue weighted by molar-refractivity contribution is 5.78. The van der Waals surface area contributed by atoms with Gasteiger partial charge in [-0.25, -0.2) is 24.2 Å². The lowest BCUT2D eigenvalue weighted by atomic mass is 9.63. The Balaban J connectivity index is 1.82. The van der Waals surface area contributed by atoms with Crippen molar-refractivity contribution in [2.75, 3.05) is 14.1 Å². The van der Waals surface area contributed by atoms with E-state index in [2.05, 4.69) is 10.6 Å². The molecule has 0 aromatic rings. The van der Waals surface area contributed by atoms with Gasteiger partial charge in [0.25, 0.3) is 0 Å². The summed E-state index contributed by atoms with van der Waals surface area (Å²) in [5, 5.41) is 5.77. The highest BCUT2D eigenvalue weighted by Gasteiger charge is 2.47. The lowest BCUT2D eigenvalue weighted by Crippen LogP contribution is -2.59. The first-order valence-electron chi connectivity index (χ1n) is 12.9. The molecule has 10 heteroatoms. The van der Waals surface area contributed by atoms with Gasteiger partial charge in [0.2, 0.25) is 5.91 Å². The third-order valence-electron chi connectivity index (χ3n) is 7.39. The number of ether oxygens (including phenoxy) is 1. The van der Waals surface area contributed by atoms with Crippen molar-refractivity contribution < 1.29 is 33.7 Å². The van der Waals surface area contributed by atoms with E-state index >= 15 is 0 Å². The van der Waals surface area contributed by atoms with E-state index < -0.39 is 35.2 Å². The average Bonchev–Trinajstić information content (AvgIpc) is 2.75. The Morgan fingerprint density at radius 2 is 1.33 bits per heavy atom. The molecule has 0 bridgehead atoms. The predicted molar refractivity (Wildman–Crippen MR) is 134 cm³/mol. The van der Waals surface area contributed by atoms with Crippen LogP contribution in [0.25, 0.3) is 0 Å². The summed E-state index contributed by atoms with van der Waals surface area (Å²) in [6.45, 7) is 11.5. The van der Waals surface area contributed by atoms with Crippen LogP contribution in [0.5, 0.6) is 0 Å². The van der Waals surface area contributed by atoms with Crippen molar-refractivity contribution in [3.8, 4) is 0 Å². The van der Waals surface area contributed by atoms with Gasteiger partial charge in [0.15, 0.2) is 0 Å². The molecular weight excluding hydrogens is 466 g/mol. The Kier molecular flexibility index (Phi) is 9.64. The monoisotopic (exact) mass is 511 g/mol. The van der Waals surface area contributed by atoms with Crippen LogP contribution in [-0.2, 0) is 24.1 Å². The SMILES string of the molecule is CN(C)C(=O)C1CCC(NC(=O)OOC(=O)C2CCC(NC(=O)OC(C)(C)C)CC2)(C(C)(C)C)CC1. The number of carbonyl (C=O) groups is 4. The maximum Gasteiger partial charge on any atom is 0.450 e. The molecule has 2 N–H and O–H groups in total. The fourth-order valence-corrected chi connectivity index (χ4v) is 5.10. The molecule has 36 heavy (non-hydrogen) atoms. The Labute approximate surface area is 215 Å². The van der Waals surface area contributed by atoms with Crippen molar-refractivity contribution in [3.05, 3.63) is 0 Å². The van der Waals surface area contributed by atoms with Crippen LogP contribution in [0.4, 0.5) is 9.59 Å². The van der Waals surface area contributed by atoms with E-state index in [0.717, 1.165) is 0 Å². The second-order valence-corrected chi connectivity index (χ2v) is 12.4. The summed E-state index contributed by atoms with van der Waals surface area (Å²) in [4.78, 5) is 60.8. The molecule has 0 radical (unpaired) electrons. The number of hydrogen-bond acceptors (Lipinski definition) is 7. The van der Waals surface area contributed by atoms with Crippen molar-refractivity contribution in [2.24, 2.45) is 17.3 Å². The Bertz CT molecular complexity index is 797. The number of carbonyl (C=O) groups excluding carboxylic acids is 4. The van der Waals surface area contributed by atoms with Gasteiger partial charge in [-0.1, -0.05) is 20.8 Å². The Hall–Kier alpha value is -2.52. The van der Waals surface area contributed by atoms with Crippen molar-refractivity contribution in [1.29, 1.82) is 0 Å². The molecule has 206 valence electrons. The minimum absolute atomic E-state index is 0.0638. The van der Waals surface area contributed by atoms with E-state index in [1.54, 1.807) is 39.8 Å². The summed E-state index contributed by atoms with van der Waals surface area (Å²) >= 11 is 0. The lowest BCUT2D eigenvalue weighted by Gasteiger charge is -2.49. The van der Waals surface area contributed by atoms with E-state index in [4.69, 9.17) is 14.5 Å². The predicted octanol–water partition coefficient (Wildman–Crippen LogP) is 4.32. The summed E-state index contributed by atoms with van der Waals surface area (Å²) in [7, 11) is 3.50. The molecule has 2 aliphatic carbocycles. The molecule has 0 saturated heterocycles. The first kappa shape index (κ1) is 29.7. The maximum atomic E-state index is 12.6. The summed E-state index contributed by atoms with van der Waals surface area (Å²) < 4.78 is 5.28. The molecule has 3 amide bonds. The van der Waals surface area contributed by atoms with Crippen LogP contribution < -0.4 is 10.6 Å². The summed E-state index contributed by atoms with van der Waals surface area (Å²) in [5.41, 5.74) is -1.44. The molecule has 0 aliphatic heterocycles. The van der Waals surface area contributed by atoms with Crippen LogP contribution in [0, 0.1) is 17.3 Å². The van der Waals surface area contributed by atoms with Crippen LogP contribution in [0.1, 0.15) is 92.9 Å². The van der Waals surface area contributed by atoms with Crippen LogP contribution >= 0.6 is 0 Å². The molecular formula is C26H45N3O7. The Morgan fingerprint density at radius 3 is 1.81 bits per heavy atom. The molecule has 10 nitrogen and oxygen atoms in total. The lowest BCUT2D eigenvalue weighted by molar-refractivity contribution is -0.239. The number of hydrogen-bond donors (Lipinski definition) is 2. The molecule has 0 unspecified atom stereocenters. The number of alkyl carbamates (subject to hydrolysis) is 1. The zero-order valence-corrected chi connectivity index (χ0v) is 23.2. The van der Waals surface area contributed by atoms with Crippen LogP contribution in [-0.4, -0.2) is 60.2 Å². The van der Waals surface area contributed by atoms with E-state index in [1.165, 1.54) is 0 Å². The standard InChI is InChI=1S/C26H45N3O7/c1-24(2,3)26(15-13-17(14-16-26)20(30)29(7)8)28-23(33)36-35-21(31)18-9-11-19(12-10-18)27-22(32)34-25(4,5)6/h17-19H,9-16H2,1-8H3,(H,27,32)(H,28,33). The van der Waals surface area contributed by atoms with Gasteiger partial charge in [-0.15, -0.1) is 0 Å². The average molecular weight is 512 g/mol. The minimum Gasteiger partial charge on any atom is -0.444 e. The second-order valence-electron chi connectivity index (χ2n) is 12.4. The van der Waals surface area contributed by atoms with E-state index in [9.17, 15) is 19.2 Å². The second kappa shape index (κ2) is 11.7. The van der Waals surface area contributed by atoms with E-state index in [0.29, 0.717) is 51.4 Å². The minimum atomic E-state index is -0.809. The van der Waals surface area contributed by atoms with Crippen molar-refractivity contribution in [2.45, 2.75) is 110 Å². The largest absolute Gasteiger partial charge is 0.450 e. The molecule has 2 fully saturated rings. The molecule has 0 spiro atoms. The summed E-state index contributed by atoms with van der Waals surface area (Å²) in [6, 6.07) is -0.0748. The van der Waals surface area contributed by atoms with Gasteiger partial charge in [0.05, 0.1) is 5.92 Å². The van der Waals surface area contributed by atoms with Gasteiger partial charge >= 0.3 is 18.2 Å². The van der Waals surface area contributed by atoms with Crippen molar-refractivity contribution in [3.63, 3.8) is 0 Å². The van der Waals surface area contributed by atoms with Gasteiger partial charge in [-0.05, 0) is 77.6 Å². The van der Waals surface area contributed by atoms with E-state index in [1.807, 2.05) is 20.8 Å². The normalized spacial score (nSPS) is 26.8. The van der Waals surface area contributed by atoms with E-state index in [-0.39, 0.29) is 23.3 Å². The van der Waals surface area contributed by atoms with Crippen LogP contribution in [0.3, 0.4) is 0 Å². The molecule has 2 rings (SSSR count). The third kappa shape index (κ3) is 8.27. The van der Waals surface area contributed by atoms with Gasteiger partial charge < -0.3 is 20.3 Å². The maximum absolute atomic E-state index is 12.6. The Morgan fingerprint density at radius 1 is 0.778 bits per heavy atom. The highest BCUT2D eigenvalue weighted by atomic mass is 17.2. The molecule has 0 heterocycles. The number of nitrogens with zero attached hydrogens (tertiary/aromatic N) is 1. The fourth-order valence-electron chi connectivity index (χ4n) is 5.10. The van der Waals surface area contributed by atoms with Crippen molar-refractivity contribution >= 4 is 24.1 Å². The first-order chi connectivity index (χ1) is 16.5. The fraction of sp³-hybridized carbons (Fsp3) is 0.846. The summed E-state index contributed by atoms with van der Waals surface area (Å²) in [6.07, 6.45) is 3.52. The quantitative estimate of drug-likeness (QED) is 0.426. The van der Waals surface area contributed by atoms with Gasteiger partial charge in [0, 0.05) is 31.6 Å². The topological polar surface area (TPSA) is 123 Å².